The smallest absolute Gasteiger partial charge is 0.326 e. The molecular formula is C18H23NO5. The summed E-state index contributed by atoms with van der Waals surface area (Å²) >= 11 is 0. The summed E-state index contributed by atoms with van der Waals surface area (Å²) in [6.45, 7) is 0.359. The topological polar surface area (TPSA) is 76.1 Å². The number of methoxy groups -OCH3 is 2. The van der Waals surface area contributed by atoms with Crippen molar-refractivity contribution < 1.29 is 24.2 Å². The normalized spacial score (nSPS) is 26.1. The number of hydrogen-bond donors (Lipinski definition) is 1. The highest BCUT2D eigenvalue weighted by atomic mass is 16.5. The van der Waals surface area contributed by atoms with Gasteiger partial charge < -0.3 is 19.5 Å². The molecule has 0 saturated carbocycles. The summed E-state index contributed by atoms with van der Waals surface area (Å²) in [7, 11) is 3.20. The number of likely N-dealkylation sites (tertiary alicyclic amines) is 1. The Bertz CT molecular complexity index is 644. The van der Waals surface area contributed by atoms with Crippen molar-refractivity contribution in [2.75, 3.05) is 20.8 Å². The lowest BCUT2D eigenvalue weighted by atomic mass is 9.83. The van der Waals surface area contributed by atoms with E-state index in [9.17, 15) is 14.7 Å². The van der Waals surface area contributed by atoms with E-state index in [2.05, 4.69) is 0 Å². The van der Waals surface area contributed by atoms with Gasteiger partial charge in [0.15, 0.2) is 0 Å². The molecule has 6 heteroatoms. The summed E-state index contributed by atoms with van der Waals surface area (Å²) < 4.78 is 10.5. The fourth-order valence-electron chi connectivity index (χ4n) is 3.75. The van der Waals surface area contributed by atoms with E-state index in [1.165, 1.54) is 10.5 Å². The zero-order chi connectivity index (χ0) is 17.3. The molecule has 0 bridgehead atoms. The number of carbonyl (C=O) groups is 2. The summed E-state index contributed by atoms with van der Waals surface area (Å²) in [4.78, 5) is 25.9. The molecule has 0 spiro atoms. The SMILES string of the molecule is COc1ccc2c(c1)CCC(C(=O)N1CC(OC)CC1C(=O)O)C2. The van der Waals surface area contributed by atoms with Crippen LogP contribution in [0.15, 0.2) is 18.2 Å². The lowest BCUT2D eigenvalue weighted by Crippen LogP contribution is -2.45. The number of ether oxygens (including phenoxy) is 2. The van der Waals surface area contributed by atoms with Crippen LogP contribution in [0.4, 0.5) is 0 Å². The Kier molecular flexibility index (Phi) is 4.76. The maximum absolute atomic E-state index is 12.9. The Balaban J connectivity index is 1.74. The maximum Gasteiger partial charge on any atom is 0.326 e. The minimum atomic E-state index is -0.955. The van der Waals surface area contributed by atoms with Crippen LogP contribution in [0.2, 0.25) is 0 Å². The van der Waals surface area contributed by atoms with Gasteiger partial charge in [0.25, 0.3) is 0 Å². The second kappa shape index (κ2) is 6.81. The average molecular weight is 333 g/mol. The predicted octanol–water partition coefficient (Wildman–Crippen LogP) is 1.50. The lowest BCUT2D eigenvalue weighted by Gasteiger charge is -2.30. The van der Waals surface area contributed by atoms with Crippen molar-refractivity contribution in [2.24, 2.45) is 5.92 Å². The number of carboxylic acids is 1. The van der Waals surface area contributed by atoms with Crippen LogP contribution in [0.25, 0.3) is 0 Å². The summed E-state index contributed by atoms with van der Waals surface area (Å²) in [6.07, 6.45) is 2.36. The van der Waals surface area contributed by atoms with E-state index in [1.54, 1.807) is 14.2 Å². The maximum atomic E-state index is 12.9. The molecule has 130 valence electrons. The Morgan fingerprint density at radius 2 is 2.04 bits per heavy atom. The second-order valence-electron chi connectivity index (χ2n) is 6.51. The van der Waals surface area contributed by atoms with Crippen LogP contribution in [0.3, 0.4) is 0 Å². The van der Waals surface area contributed by atoms with Crippen LogP contribution in [-0.2, 0) is 27.2 Å². The summed E-state index contributed by atoms with van der Waals surface area (Å²) in [5, 5.41) is 9.40. The fourth-order valence-corrected chi connectivity index (χ4v) is 3.75. The molecule has 0 aromatic heterocycles. The van der Waals surface area contributed by atoms with Crippen molar-refractivity contribution in [3.05, 3.63) is 29.3 Å². The van der Waals surface area contributed by atoms with Gasteiger partial charge in [-0.3, -0.25) is 4.79 Å². The van der Waals surface area contributed by atoms with Crippen LogP contribution in [-0.4, -0.2) is 54.8 Å². The fraction of sp³-hybridized carbons (Fsp3) is 0.556. The van der Waals surface area contributed by atoms with Gasteiger partial charge in [-0.25, -0.2) is 4.79 Å². The molecule has 0 radical (unpaired) electrons. The second-order valence-corrected chi connectivity index (χ2v) is 6.51. The number of nitrogens with zero attached hydrogens (tertiary/aromatic N) is 1. The van der Waals surface area contributed by atoms with E-state index in [1.807, 2.05) is 18.2 Å². The van der Waals surface area contributed by atoms with Gasteiger partial charge in [-0.1, -0.05) is 6.07 Å². The van der Waals surface area contributed by atoms with Gasteiger partial charge in [0.05, 0.1) is 13.2 Å². The monoisotopic (exact) mass is 333 g/mol. The Morgan fingerprint density at radius 3 is 2.71 bits per heavy atom. The number of carbonyl (C=O) groups excluding carboxylic acids is 1. The van der Waals surface area contributed by atoms with Crippen LogP contribution >= 0.6 is 0 Å². The van der Waals surface area contributed by atoms with Crippen molar-refractivity contribution in [2.45, 2.75) is 37.8 Å². The number of carboxylic acid groups (broad SMARTS) is 1. The van der Waals surface area contributed by atoms with Crippen LogP contribution in [0.5, 0.6) is 5.75 Å². The van der Waals surface area contributed by atoms with Crippen molar-refractivity contribution >= 4 is 11.9 Å². The van der Waals surface area contributed by atoms with Crippen LogP contribution < -0.4 is 4.74 Å². The molecule has 1 heterocycles. The zero-order valence-electron chi connectivity index (χ0n) is 14.0. The summed E-state index contributed by atoms with van der Waals surface area (Å²) in [5.41, 5.74) is 2.36. The molecule has 3 rings (SSSR count). The molecule has 3 atom stereocenters. The van der Waals surface area contributed by atoms with Gasteiger partial charge in [-0.05, 0) is 42.5 Å². The van der Waals surface area contributed by atoms with E-state index in [-0.39, 0.29) is 17.9 Å². The average Bonchev–Trinajstić information content (AvgIpc) is 3.05. The molecule has 3 unspecified atom stereocenters. The molecule has 1 amide bonds. The van der Waals surface area contributed by atoms with E-state index < -0.39 is 12.0 Å². The third kappa shape index (κ3) is 3.11. The minimum Gasteiger partial charge on any atom is -0.497 e. The molecule has 6 nitrogen and oxygen atoms in total. The van der Waals surface area contributed by atoms with Gasteiger partial charge in [0.1, 0.15) is 11.8 Å². The Labute approximate surface area is 141 Å². The number of aliphatic carboxylic acids is 1. The van der Waals surface area contributed by atoms with Crippen molar-refractivity contribution in [3.63, 3.8) is 0 Å². The van der Waals surface area contributed by atoms with Crippen molar-refractivity contribution in [1.82, 2.24) is 4.90 Å². The molecule has 1 aromatic rings. The molecule has 2 aliphatic rings. The molecule has 1 aliphatic heterocycles. The van der Waals surface area contributed by atoms with E-state index in [0.717, 1.165) is 24.2 Å². The van der Waals surface area contributed by atoms with E-state index in [0.29, 0.717) is 19.4 Å². The first-order valence-electron chi connectivity index (χ1n) is 8.25. The number of fused-ring (bicyclic) bond motifs is 1. The first-order valence-corrected chi connectivity index (χ1v) is 8.25. The first-order chi connectivity index (χ1) is 11.5. The van der Waals surface area contributed by atoms with E-state index >= 15 is 0 Å². The zero-order valence-corrected chi connectivity index (χ0v) is 14.0. The highest BCUT2D eigenvalue weighted by Crippen LogP contribution is 2.31. The summed E-state index contributed by atoms with van der Waals surface area (Å²) in [6, 6.07) is 5.15. The van der Waals surface area contributed by atoms with Gasteiger partial charge in [-0.15, -0.1) is 0 Å². The van der Waals surface area contributed by atoms with Crippen LogP contribution in [0.1, 0.15) is 24.0 Å². The largest absolute Gasteiger partial charge is 0.497 e. The van der Waals surface area contributed by atoms with Crippen molar-refractivity contribution in [1.29, 1.82) is 0 Å². The van der Waals surface area contributed by atoms with Gasteiger partial charge >= 0.3 is 5.97 Å². The highest BCUT2D eigenvalue weighted by molar-refractivity contribution is 5.86. The summed E-state index contributed by atoms with van der Waals surface area (Å²) in [5.74, 6) is -0.359. The number of benzene rings is 1. The van der Waals surface area contributed by atoms with E-state index in [4.69, 9.17) is 9.47 Å². The number of hydrogen-bond acceptors (Lipinski definition) is 4. The standard InChI is InChI=1S/C18H23NO5/c1-23-14-6-5-11-7-13(4-3-12(11)8-14)17(20)19-10-15(24-2)9-16(19)18(21)22/h5-6,8,13,15-16H,3-4,7,9-10H2,1-2H3,(H,21,22). The first kappa shape index (κ1) is 16.8. The van der Waals surface area contributed by atoms with Gasteiger partial charge in [0, 0.05) is 26.0 Å². The number of amides is 1. The third-order valence-corrected chi connectivity index (χ3v) is 5.16. The molecular weight excluding hydrogens is 310 g/mol. The van der Waals surface area contributed by atoms with Gasteiger partial charge in [-0.2, -0.15) is 0 Å². The molecule has 1 fully saturated rings. The number of aryl methyl sites for hydroxylation is 1. The highest BCUT2D eigenvalue weighted by Gasteiger charge is 2.42. The minimum absolute atomic E-state index is 0.0663. The van der Waals surface area contributed by atoms with Crippen LogP contribution in [0, 0.1) is 5.92 Å². The number of rotatable bonds is 4. The molecule has 1 aliphatic carbocycles. The molecule has 1 aromatic carbocycles. The molecule has 1 N–H and O–H groups in total. The quantitative estimate of drug-likeness (QED) is 0.904. The van der Waals surface area contributed by atoms with Crippen molar-refractivity contribution in [3.8, 4) is 5.75 Å². The predicted molar refractivity (Wildman–Crippen MR) is 87.1 cm³/mol. The molecule has 1 saturated heterocycles. The van der Waals surface area contributed by atoms with Gasteiger partial charge in [0.2, 0.25) is 5.91 Å². The molecule has 24 heavy (non-hydrogen) atoms. The Morgan fingerprint density at radius 1 is 1.25 bits per heavy atom. The lowest BCUT2D eigenvalue weighted by molar-refractivity contribution is -0.150. The third-order valence-electron chi connectivity index (χ3n) is 5.16. The Hall–Kier alpha value is -2.08.